The van der Waals surface area contributed by atoms with Gasteiger partial charge in [-0.15, -0.1) is 0 Å². The normalized spacial score (nSPS) is 21.5. The van der Waals surface area contributed by atoms with Gasteiger partial charge < -0.3 is 0 Å². The van der Waals surface area contributed by atoms with Crippen LogP contribution >= 0.6 is 23.8 Å². The van der Waals surface area contributed by atoms with Crippen molar-refractivity contribution in [2.24, 2.45) is 11.8 Å². The van der Waals surface area contributed by atoms with Crippen LogP contribution in [0.15, 0.2) is 168 Å². The van der Waals surface area contributed by atoms with Crippen molar-refractivity contribution < 1.29 is 0 Å². The van der Waals surface area contributed by atoms with Gasteiger partial charge in [0, 0.05) is 11.8 Å². The van der Waals surface area contributed by atoms with Crippen molar-refractivity contribution in [3.05, 3.63) is 168 Å². The molecule has 4 aromatic carbocycles. The molecule has 4 aromatic rings. The number of benzene rings is 4. The van der Waals surface area contributed by atoms with Crippen LogP contribution in [-0.2, 0) is 0 Å². The predicted molar refractivity (Wildman–Crippen MR) is 212 cm³/mol. The third-order valence-corrected chi connectivity index (χ3v) is 19.5. The molecule has 0 heterocycles. The lowest BCUT2D eigenvalue weighted by Crippen LogP contribution is -2.31. The van der Waals surface area contributed by atoms with Crippen LogP contribution < -0.4 is 21.2 Å². The SMILES string of the molecule is C[C@@H](C1C=CC=C1P(c1ccccc1)c1ccccc1)P(C1CCCCC1)[C@@H](C)C1C=CC=C1P(c1ccccc1)c1ccccc1. The lowest BCUT2D eigenvalue weighted by molar-refractivity contribution is 0.503. The molecule has 3 heteroatoms. The van der Waals surface area contributed by atoms with E-state index in [1.54, 1.807) is 10.6 Å². The van der Waals surface area contributed by atoms with Crippen LogP contribution in [0.25, 0.3) is 0 Å². The third kappa shape index (κ3) is 7.13. The molecule has 0 spiro atoms. The first kappa shape index (κ1) is 32.7. The molecule has 0 aromatic heterocycles. The summed E-state index contributed by atoms with van der Waals surface area (Å²) in [6.45, 7) is 5.29. The molecule has 47 heavy (non-hydrogen) atoms. The van der Waals surface area contributed by atoms with Gasteiger partial charge in [0.25, 0.3) is 0 Å². The molecule has 1 fully saturated rings. The van der Waals surface area contributed by atoms with Crippen molar-refractivity contribution >= 4 is 45.0 Å². The van der Waals surface area contributed by atoms with E-state index in [1.165, 1.54) is 53.3 Å². The molecule has 0 radical (unpaired) electrons. The smallest absolute Gasteiger partial charge is 0.00969 e. The zero-order valence-corrected chi connectivity index (χ0v) is 30.5. The van der Waals surface area contributed by atoms with Gasteiger partial charge in [-0.05, 0) is 77.5 Å². The molecule has 0 saturated heterocycles. The average Bonchev–Trinajstić information content (AvgIpc) is 3.82. The summed E-state index contributed by atoms with van der Waals surface area (Å²) >= 11 is 0. The van der Waals surface area contributed by atoms with E-state index < -0.39 is 15.8 Å². The van der Waals surface area contributed by atoms with Crippen LogP contribution in [0.2, 0.25) is 0 Å². The van der Waals surface area contributed by atoms with Gasteiger partial charge in [0.2, 0.25) is 0 Å². The highest BCUT2D eigenvalue weighted by Crippen LogP contribution is 2.65. The molecule has 0 nitrogen and oxygen atoms in total. The van der Waals surface area contributed by atoms with Gasteiger partial charge in [-0.25, -0.2) is 0 Å². The summed E-state index contributed by atoms with van der Waals surface area (Å²) in [6, 6.07) is 45.4. The second kappa shape index (κ2) is 15.6. The first-order chi connectivity index (χ1) is 23.2. The fourth-order valence-corrected chi connectivity index (χ4v) is 18.1. The lowest BCUT2D eigenvalue weighted by atomic mass is 10.0. The van der Waals surface area contributed by atoms with E-state index in [1.807, 2.05) is 0 Å². The van der Waals surface area contributed by atoms with Gasteiger partial charge in [0.1, 0.15) is 0 Å². The summed E-state index contributed by atoms with van der Waals surface area (Å²) < 4.78 is 0. The topological polar surface area (TPSA) is 0 Å². The third-order valence-electron chi connectivity index (χ3n) is 10.4. The van der Waals surface area contributed by atoms with E-state index >= 15 is 0 Å². The Hall–Kier alpha value is -2.87. The molecular formula is C44H47P3. The maximum absolute atomic E-state index is 2.65. The summed E-state index contributed by atoms with van der Waals surface area (Å²) in [6.07, 6.45) is 22.0. The van der Waals surface area contributed by atoms with Crippen LogP contribution in [0.1, 0.15) is 46.0 Å². The minimum Gasteiger partial charge on any atom is -0.0958 e. The number of rotatable bonds is 11. The number of hydrogen-bond donors (Lipinski definition) is 0. The Morgan fingerprint density at radius 2 is 0.809 bits per heavy atom. The maximum Gasteiger partial charge on any atom is 0.00969 e. The van der Waals surface area contributed by atoms with Crippen molar-refractivity contribution in [2.45, 2.75) is 62.9 Å². The Morgan fingerprint density at radius 3 is 1.15 bits per heavy atom. The van der Waals surface area contributed by atoms with Gasteiger partial charge in [-0.2, -0.15) is 0 Å². The Bertz CT molecular complexity index is 1500. The van der Waals surface area contributed by atoms with E-state index in [0.717, 1.165) is 5.66 Å². The molecule has 0 bridgehead atoms. The minimum absolute atomic E-state index is 0.265. The first-order valence-corrected chi connectivity index (χ1v) is 21.8. The fraction of sp³-hybridized carbons (Fsp3) is 0.273. The van der Waals surface area contributed by atoms with Crippen LogP contribution in [0.3, 0.4) is 0 Å². The van der Waals surface area contributed by atoms with Gasteiger partial charge in [-0.1, -0.05) is 199 Å². The zero-order valence-electron chi connectivity index (χ0n) is 27.8. The van der Waals surface area contributed by atoms with Crippen LogP contribution in [0.5, 0.6) is 0 Å². The lowest BCUT2D eigenvalue weighted by Gasteiger charge is -2.45. The summed E-state index contributed by atoms with van der Waals surface area (Å²) in [7, 11) is -1.44. The highest BCUT2D eigenvalue weighted by Gasteiger charge is 2.42. The molecule has 3 aliphatic carbocycles. The Balaban J connectivity index is 1.24. The monoisotopic (exact) mass is 668 g/mol. The molecule has 3 aliphatic rings. The predicted octanol–water partition coefficient (Wildman–Crippen LogP) is 11.0. The fourth-order valence-electron chi connectivity index (χ4n) is 8.22. The van der Waals surface area contributed by atoms with Crippen molar-refractivity contribution in [3.63, 3.8) is 0 Å². The summed E-state index contributed by atoms with van der Waals surface area (Å²) in [5, 5.41) is 9.17. The van der Waals surface area contributed by atoms with Crippen molar-refractivity contribution in [1.82, 2.24) is 0 Å². The second-order valence-electron chi connectivity index (χ2n) is 13.2. The molecule has 2 unspecified atom stereocenters. The van der Waals surface area contributed by atoms with Gasteiger partial charge in [0.15, 0.2) is 0 Å². The number of hydrogen-bond acceptors (Lipinski definition) is 0. The van der Waals surface area contributed by atoms with Gasteiger partial charge in [-0.3, -0.25) is 0 Å². The Morgan fingerprint density at radius 1 is 0.468 bits per heavy atom. The largest absolute Gasteiger partial charge is 0.0958 e. The van der Waals surface area contributed by atoms with Crippen LogP contribution in [0.4, 0.5) is 0 Å². The van der Waals surface area contributed by atoms with Crippen molar-refractivity contribution in [2.75, 3.05) is 0 Å². The molecule has 1 saturated carbocycles. The van der Waals surface area contributed by atoms with E-state index in [-0.39, 0.29) is 7.92 Å². The highest BCUT2D eigenvalue weighted by molar-refractivity contribution is 7.77. The molecular weight excluding hydrogens is 621 g/mol. The number of allylic oxidation sites excluding steroid dienone is 8. The van der Waals surface area contributed by atoms with Gasteiger partial charge >= 0.3 is 0 Å². The van der Waals surface area contributed by atoms with Crippen LogP contribution in [0, 0.1) is 11.8 Å². The summed E-state index contributed by atoms with van der Waals surface area (Å²) in [5.74, 6) is 0.971. The molecule has 4 atom stereocenters. The van der Waals surface area contributed by atoms with Crippen LogP contribution in [-0.4, -0.2) is 17.0 Å². The van der Waals surface area contributed by atoms with Crippen molar-refractivity contribution in [1.29, 1.82) is 0 Å². The molecule has 238 valence electrons. The van der Waals surface area contributed by atoms with Crippen molar-refractivity contribution in [3.8, 4) is 0 Å². The summed E-state index contributed by atoms with van der Waals surface area (Å²) in [5.41, 5.74) is 2.09. The van der Waals surface area contributed by atoms with E-state index in [0.29, 0.717) is 23.2 Å². The quantitative estimate of drug-likeness (QED) is 0.140. The highest BCUT2D eigenvalue weighted by atomic mass is 31.1. The molecule has 0 N–H and O–H groups in total. The molecule has 7 rings (SSSR count). The van der Waals surface area contributed by atoms with E-state index in [9.17, 15) is 0 Å². The average molecular weight is 669 g/mol. The first-order valence-electron chi connectivity index (χ1n) is 17.6. The standard InChI is InChI=1S/C44H47P3/c1-34(41-30-18-32-43(41)46(37-22-10-4-11-23-37)38-24-12-5-13-25-38)45(36-20-8-3-9-21-36)35(2)42-31-19-33-44(42)47(39-26-14-6-15-27-39)40-28-16-7-17-29-40/h4-7,10-19,22-36,41-42H,3,8-9,20-21H2,1-2H3/t34-,35-,41?,42?,45?/m0/s1. The Kier molecular flexibility index (Phi) is 10.8. The molecule has 0 amide bonds. The van der Waals surface area contributed by atoms with E-state index in [4.69, 9.17) is 0 Å². The maximum atomic E-state index is 2.65. The molecule has 0 aliphatic heterocycles. The second-order valence-corrected chi connectivity index (χ2v) is 20.9. The van der Waals surface area contributed by atoms with E-state index in [2.05, 4.69) is 172 Å². The zero-order chi connectivity index (χ0) is 32.0. The Labute approximate surface area is 287 Å². The van der Waals surface area contributed by atoms with Gasteiger partial charge in [0.05, 0.1) is 0 Å². The summed E-state index contributed by atoms with van der Waals surface area (Å²) in [4.78, 5) is 0. The minimum atomic E-state index is -0.588.